The summed E-state index contributed by atoms with van der Waals surface area (Å²) in [6, 6.07) is 11.6. The Morgan fingerprint density at radius 1 is 1.11 bits per heavy atom. The molecule has 0 unspecified atom stereocenters. The number of nitrogens with zero attached hydrogens (tertiary/aromatic N) is 3. The molecule has 0 amide bonds. The number of hydrogen-bond donors (Lipinski definition) is 1. The number of aromatic nitrogens is 1. The Hall–Kier alpha value is -2.86. The minimum Gasteiger partial charge on any atom is -0.507 e. The van der Waals surface area contributed by atoms with Gasteiger partial charge in [-0.1, -0.05) is 12.1 Å². The van der Waals surface area contributed by atoms with Crippen LogP contribution < -0.4 is 9.54 Å². The molecule has 1 N–H and O–H groups in total. The van der Waals surface area contributed by atoms with Crippen LogP contribution in [0.15, 0.2) is 51.9 Å². The first-order valence-electron chi connectivity index (χ1n) is 9.32. The molecule has 1 heterocycles. The molecule has 5 nitrogen and oxygen atoms in total. The van der Waals surface area contributed by atoms with Crippen molar-refractivity contribution in [3.8, 4) is 22.8 Å². The lowest BCUT2D eigenvalue weighted by molar-refractivity contribution is 0.337. The molecule has 0 aliphatic carbocycles. The topological polar surface area (TPSA) is 59.1 Å². The predicted molar refractivity (Wildman–Crippen MR) is 116 cm³/mol. The minimum atomic E-state index is 0.132. The first-order valence-corrected chi connectivity index (χ1v) is 10.2. The first-order chi connectivity index (χ1) is 13.5. The molecule has 28 heavy (non-hydrogen) atoms. The van der Waals surface area contributed by atoms with Crippen molar-refractivity contribution in [2.75, 3.05) is 13.2 Å². The van der Waals surface area contributed by atoms with Gasteiger partial charge in [-0.05, 0) is 57.0 Å². The SMILES string of the molecule is CCN=c1scc(-c2ccc(C)c(C)c2)n1N=Cc1ccc(OCC)cc1O. The van der Waals surface area contributed by atoms with E-state index in [0.29, 0.717) is 24.5 Å². The van der Waals surface area contributed by atoms with Gasteiger partial charge in [0.25, 0.3) is 0 Å². The van der Waals surface area contributed by atoms with E-state index in [1.54, 1.807) is 29.7 Å². The van der Waals surface area contributed by atoms with Crippen molar-refractivity contribution in [3.63, 3.8) is 0 Å². The van der Waals surface area contributed by atoms with Crippen LogP contribution in [0.4, 0.5) is 0 Å². The molecule has 146 valence electrons. The molecule has 3 rings (SSSR count). The number of phenolic OH excluding ortho intramolecular Hbond substituents is 1. The Morgan fingerprint density at radius 2 is 1.93 bits per heavy atom. The molecule has 0 saturated carbocycles. The molecule has 3 aromatic rings. The highest BCUT2D eigenvalue weighted by Gasteiger charge is 2.09. The maximum atomic E-state index is 10.3. The molecular weight excluding hydrogens is 370 g/mol. The molecule has 1 aromatic heterocycles. The summed E-state index contributed by atoms with van der Waals surface area (Å²) in [5, 5.41) is 17.0. The monoisotopic (exact) mass is 395 g/mol. The number of benzene rings is 2. The van der Waals surface area contributed by atoms with Crippen LogP contribution >= 0.6 is 11.3 Å². The summed E-state index contributed by atoms with van der Waals surface area (Å²) in [6.45, 7) is 9.35. The Balaban J connectivity index is 2.03. The highest BCUT2D eigenvalue weighted by atomic mass is 32.1. The number of hydrogen-bond acceptors (Lipinski definition) is 5. The van der Waals surface area contributed by atoms with E-state index in [4.69, 9.17) is 4.74 Å². The lowest BCUT2D eigenvalue weighted by Crippen LogP contribution is -2.12. The van der Waals surface area contributed by atoms with Crippen LogP contribution in [0.1, 0.15) is 30.5 Å². The Labute approximate surface area is 169 Å². The number of rotatable bonds is 6. The van der Waals surface area contributed by atoms with Crippen LogP contribution in [-0.2, 0) is 0 Å². The third-order valence-corrected chi connectivity index (χ3v) is 5.26. The van der Waals surface area contributed by atoms with Gasteiger partial charge in [0.05, 0.1) is 18.5 Å². The molecule has 6 heteroatoms. The van der Waals surface area contributed by atoms with Crippen molar-refractivity contribution < 1.29 is 9.84 Å². The van der Waals surface area contributed by atoms with Crippen molar-refractivity contribution in [2.45, 2.75) is 27.7 Å². The van der Waals surface area contributed by atoms with Gasteiger partial charge in [0.1, 0.15) is 11.5 Å². The standard InChI is InChI=1S/C22H25N3O2S/c1-5-23-22-25(20(14-28-22)17-8-7-15(3)16(4)11-17)24-13-18-9-10-19(27-6-2)12-21(18)26/h7-14,26H,5-6H2,1-4H3. The van der Waals surface area contributed by atoms with Gasteiger partial charge in [-0.2, -0.15) is 5.10 Å². The van der Waals surface area contributed by atoms with E-state index < -0.39 is 0 Å². The maximum Gasteiger partial charge on any atom is 0.206 e. The maximum absolute atomic E-state index is 10.3. The van der Waals surface area contributed by atoms with Gasteiger partial charge in [0.15, 0.2) is 0 Å². The zero-order chi connectivity index (χ0) is 20.1. The average molecular weight is 396 g/mol. The van der Waals surface area contributed by atoms with Crippen molar-refractivity contribution in [3.05, 3.63) is 63.3 Å². The summed E-state index contributed by atoms with van der Waals surface area (Å²) < 4.78 is 7.25. The molecule has 2 aromatic carbocycles. The van der Waals surface area contributed by atoms with Crippen LogP contribution in [0.5, 0.6) is 11.5 Å². The second kappa shape index (κ2) is 8.89. The first kappa shape index (κ1) is 19.9. The molecule has 0 spiro atoms. The van der Waals surface area contributed by atoms with E-state index in [0.717, 1.165) is 16.1 Å². The normalized spacial score (nSPS) is 12.1. The van der Waals surface area contributed by atoms with Gasteiger partial charge in [-0.3, -0.25) is 4.99 Å². The quantitative estimate of drug-likeness (QED) is 0.613. The number of phenols is 1. The van der Waals surface area contributed by atoms with Crippen LogP contribution in [0, 0.1) is 13.8 Å². The highest BCUT2D eigenvalue weighted by Crippen LogP contribution is 2.24. The summed E-state index contributed by atoms with van der Waals surface area (Å²) in [4.78, 5) is 5.37. The van der Waals surface area contributed by atoms with E-state index in [1.165, 1.54) is 11.1 Å². The fourth-order valence-electron chi connectivity index (χ4n) is 2.76. The number of aromatic hydroxyl groups is 1. The van der Waals surface area contributed by atoms with E-state index in [9.17, 15) is 5.11 Å². The fraction of sp³-hybridized carbons (Fsp3) is 0.273. The molecule has 0 aliphatic heterocycles. The fourth-order valence-corrected chi connectivity index (χ4v) is 3.66. The van der Waals surface area contributed by atoms with E-state index in [1.807, 2.05) is 24.6 Å². The lowest BCUT2D eigenvalue weighted by Gasteiger charge is -2.07. The number of ether oxygens (including phenoxy) is 1. The Bertz CT molecular complexity index is 1060. The molecule has 0 aliphatic rings. The summed E-state index contributed by atoms with van der Waals surface area (Å²) in [6.07, 6.45) is 1.65. The van der Waals surface area contributed by atoms with E-state index in [2.05, 4.69) is 47.5 Å². The second-order valence-corrected chi connectivity index (χ2v) is 7.22. The molecular formula is C22H25N3O2S. The molecule has 0 atom stereocenters. The van der Waals surface area contributed by atoms with Gasteiger partial charge in [-0.15, -0.1) is 11.3 Å². The summed E-state index contributed by atoms with van der Waals surface area (Å²) in [5.41, 5.74) is 5.17. The van der Waals surface area contributed by atoms with Gasteiger partial charge in [0.2, 0.25) is 4.80 Å². The van der Waals surface area contributed by atoms with Gasteiger partial charge < -0.3 is 9.84 Å². The van der Waals surface area contributed by atoms with Gasteiger partial charge in [0, 0.05) is 29.1 Å². The predicted octanol–water partition coefficient (Wildman–Crippen LogP) is 4.74. The lowest BCUT2D eigenvalue weighted by atomic mass is 10.1. The summed E-state index contributed by atoms with van der Waals surface area (Å²) >= 11 is 1.55. The zero-order valence-corrected chi connectivity index (χ0v) is 17.5. The van der Waals surface area contributed by atoms with Crippen molar-refractivity contribution >= 4 is 17.6 Å². The molecule has 0 fully saturated rings. The third-order valence-electron chi connectivity index (χ3n) is 4.41. The number of aryl methyl sites for hydroxylation is 2. The van der Waals surface area contributed by atoms with Crippen LogP contribution in [0.2, 0.25) is 0 Å². The highest BCUT2D eigenvalue weighted by molar-refractivity contribution is 7.07. The molecule has 0 bridgehead atoms. The Kier molecular flexibility index (Phi) is 6.31. The van der Waals surface area contributed by atoms with Crippen LogP contribution in [0.3, 0.4) is 0 Å². The third kappa shape index (κ3) is 4.34. The van der Waals surface area contributed by atoms with E-state index >= 15 is 0 Å². The van der Waals surface area contributed by atoms with E-state index in [-0.39, 0.29) is 5.75 Å². The molecule has 0 radical (unpaired) electrons. The largest absolute Gasteiger partial charge is 0.507 e. The minimum absolute atomic E-state index is 0.132. The average Bonchev–Trinajstić information content (AvgIpc) is 3.06. The smallest absolute Gasteiger partial charge is 0.206 e. The zero-order valence-electron chi connectivity index (χ0n) is 16.6. The van der Waals surface area contributed by atoms with Crippen LogP contribution in [0.25, 0.3) is 11.3 Å². The molecule has 0 saturated heterocycles. The van der Waals surface area contributed by atoms with Crippen LogP contribution in [-0.4, -0.2) is 29.1 Å². The van der Waals surface area contributed by atoms with Gasteiger partial charge >= 0.3 is 0 Å². The van der Waals surface area contributed by atoms with Gasteiger partial charge in [-0.25, -0.2) is 4.68 Å². The summed E-state index contributed by atoms with van der Waals surface area (Å²) in [5.74, 6) is 0.769. The van der Waals surface area contributed by atoms with Crippen molar-refractivity contribution in [1.29, 1.82) is 0 Å². The second-order valence-electron chi connectivity index (χ2n) is 6.39. The summed E-state index contributed by atoms with van der Waals surface area (Å²) in [7, 11) is 0. The number of thiazole rings is 1. The Morgan fingerprint density at radius 3 is 2.61 bits per heavy atom. The van der Waals surface area contributed by atoms with Crippen molar-refractivity contribution in [2.24, 2.45) is 10.1 Å². The van der Waals surface area contributed by atoms with Crippen molar-refractivity contribution in [1.82, 2.24) is 4.68 Å².